The first kappa shape index (κ1) is 21.1. The summed E-state index contributed by atoms with van der Waals surface area (Å²) in [7, 11) is -3.78. The first-order chi connectivity index (χ1) is 15.4. The van der Waals surface area contributed by atoms with Crippen molar-refractivity contribution in [3.8, 4) is 0 Å². The van der Waals surface area contributed by atoms with E-state index in [1.54, 1.807) is 6.07 Å². The van der Waals surface area contributed by atoms with Crippen molar-refractivity contribution in [2.75, 3.05) is 13.1 Å². The number of nitrogens with zero attached hydrogens (tertiary/aromatic N) is 2. The van der Waals surface area contributed by atoms with Crippen molar-refractivity contribution in [1.29, 1.82) is 0 Å². The molecular weight excluding hydrogens is 449 g/mol. The van der Waals surface area contributed by atoms with Crippen molar-refractivity contribution in [3.05, 3.63) is 95.0 Å². The molecule has 5 nitrogen and oxygen atoms in total. The maximum absolute atomic E-state index is 13.7. The van der Waals surface area contributed by atoms with Crippen LogP contribution in [0.3, 0.4) is 0 Å². The summed E-state index contributed by atoms with van der Waals surface area (Å²) in [5.74, 6) is 0.228. The molecule has 5 rings (SSSR count). The van der Waals surface area contributed by atoms with Gasteiger partial charge in [-0.15, -0.1) is 0 Å². The molecule has 2 heterocycles. The molecule has 0 bridgehead atoms. The Kier molecular flexibility index (Phi) is 5.28. The van der Waals surface area contributed by atoms with Crippen LogP contribution in [0.25, 0.3) is 11.0 Å². The quantitative estimate of drug-likeness (QED) is 0.450. The van der Waals surface area contributed by atoms with E-state index in [0.717, 1.165) is 28.5 Å². The van der Waals surface area contributed by atoms with Gasteiger partial charge in [0.25, 0.3) is 0 Å². The number of piperidine rings is 1. The Bertz CT molecular complexity index is 1380. The Hall–Kier alpha value is -2.74. The van der Waals surface area contributed by atoms with Gasteiger partial charge in [0, 0.05) is 18.1 Å². The molecule has 1 N–H and O–H groups in total. The smallest absolute Gasteiger partial charge is 0.243 e. The van der Waals surface area contributed by atoms with Crippen molar-refractivity contribution in [3.63, 3.8) is 0 Å². The molecule has 1 aliphatic heterocycles. The molecule has 1 aromatic heterocycles. The molecule has 0 unspecified atom stereocenters. The predicted molar refractivity (Wildman–Crippen MR) is 123 cm³/mol. The van der Waals surface area contributed by atoms with Gasteiger partial charge < -0.3 is 4.98 Å². The second kappa shape index (κ2) is 7.99. The Morgan fingerprint density at radius 2 is 1.72 bits per heavy atom. The molecule has 0 aliphatic carbocycles. The summed E-state index contributed by atoms with van der Waals surface area (Å²) in [6, 6.07) is 20.7. The third-order valence-electron chi connectivity index (χ3n) is 6.23. The Balaban J connectivity index is 1.53. The van der Waals surface area contributed by atoms with Gasteiger partial charge in [-0.1, -0.05) is 48.0 Å². The standard InChI is InChI=1S/C24H21ClFN3O2S/c25-18-9-10-21-22(15-18)28-23(27-21)24(17-5-2-1-3-6-17)11-13-29(14-12-24)32(30,31)20-8-4-7-19(26)16-20/h1-10,15-16H,11-14H2,(H,27,28). The lowest BCUT2D eigenvalue weighted by Gasteiger charge is -2.40. The summed E-state index contributed by atoms with van der Waals surface area (Å²) in [4.78, 5) is 8.25. The molecule has 3 aromatic carbocycles. The number of benzene rings is 3. The lowest BCUT2D eigenvalue weighted by Crippen LogP contribution is -2.46. The minimum Gasteiger partial charge on any atom is -0.341 e. The van der Waals surface area contributed by atoms with Gasteiger partial charge in [-0.25, -0.2) is 17.8 Å². The van der Waals surface area contributed by atoms with Gasteiger partial charge in [0.1, 0.15) is 11.6 Å². The fraction of sp³-hybridized carbons (Fsp3) is 0.208. The fourth-order valence-corrected chi connectivity index (χ4v) is 6.16. The first-order valence-electron chi connectivity index (χ1n) is 10.4. The number of imidazole rings is 1. The van der Waals surface area contributed by atoms with Crippen LogP contribution in [0, 0.1) is 5.82 Å². The van der Waals surface area contributed by atoms with Gasteiger partial charge in [0.15, 0.2) is 0 Å². The Labute approximate surface area is 190 Å². The minimum absolute atomic E-state index is 0.0249. The number of rotatable bonds is 4. The zero-order valence-electron chi connectivity index (χ0n) is 17.1. The molecule has 164 valence electrons. The highest BCUT2D eigenvalue weighted by atomic mass is 35.5. The van der Waals surface area contributed by atoms with Gasteiger partial charge in [-0.2, -0.15) is 4.31 Å². The Morgan fingerprint density at radius 3 is 2.44 bits per heavy atom. The van der Waals surface area contributed by atoms with E-state index >= 15 is 0 Å². The third-order valence-corrected chi connectivity index (χ3v) is 8.36. The van der Waals surface area contributed by atoms with E-state index < -0.39 is 21.3 Å². The molecule has 0 atom stereocenters. The van der Waals surface area contributed by atoms with Crippen molar-refractivity contribution in [2.24, 2.45) is 0 Å². The monoisotopic (exact) mass is 469 g/mol. The van der Waals surface area contributed by atoms with Crippen LogP contribution in [0.5, 0.6) is 0 Å². The predicted octanol–water partition coefficient (Wildman–Crippen LogP) is 5.13. The average molecular weight is 470 g/mol. The van der Waals surface area contributed by atoms with Crippen molar-refractivity contribution in [2.45, 2.75) is 23.2 Å². The van der Waals surface area contributed by atoms with Crippen molar-refractivity contribution in [1.82, 2.24) is 14.3 Å². The number of fused-ring (bicyclic) bond motifs is 1. The highest BCUT2D eigenvalue weighted by Crippen LogP contribution is 2.42. The zero-order chi connectivity index (χ0) is 22.3. The molecule has 0 saturated carbocycles. The van der Waals surface area contributed by atoms with Gasteiger partial charge in [0.05, 0.1) is 21.3 Å². The molecular formula is C24H21ClFN3O2S. The van der Waals surface area contributed by atoms with E-state index in [1.807, 2.05) is 30.3 Å². The summed E-state index contributed by atoms with van der Waals surface area (Å²) >= 11 is 6.16. The van der Waals surface area contributed by atoms with Crippen LogP contribution in [0.2, 0.25) is 5.02 Å². The van der Waals surface area contributed by atoms with Crippen LogP contribution in [0.15, 0.2) is 77.7 Å². The molecule has 1 saturated heterocycles. The zero-order valence-corrected chi connectivity index (χ0v) is 18.7. The molecule has 0 amide bonds. The normalized spacial score (nSPS) is 16.9. The van der Waals surface area contributed by atoms with E-state index in [-0.39, 0.29) is 4.90 Å². The molecule has 0 spiro atoms. The topological polar surface area (TPSA) is 66.1 Å². The van der Waals surface area contributed by atoms with E-state index in [4.69, 9.17) is 16.6 Å². The maximum atomic E-state index is 13.7. The largest absolute Gasteiger partial charge is 0.341 e. The van der Waals surface area contributed by atoms with Crippen molar-refractivity contribution < 1.29 is 12.8 Å². The van der Waals surface area contributed by atoms with Crippen LogP contribution in [0.1, 0.15) is 24.2 Å². The number of aromatic amines is 1. The second-order valence-corrected chi connectivity index (χ2v) is 10.4. The maximum Gasteiger partial charge on any atom is 0.243 e. The highest BCUT2D eigenvalue weighted by Gasteiger charge is 2.43. The van der Waals surface area contributed by atoms with Crippen LogP contribution in [-0.2, 0) is 15.4 Å². The number of H-pyrrole nitrogens is 1. The van der Waals surface area contributed by atoms with Gasteiger partial charge >= 0.3 is 0 Å². The average Bonchev–Trinajstić information content (AvgIpc) is 3.23. The summed E-state index contributed by atoms with van der Waals surface area (Å²) < 4.78 is 41.3. The molecule has 8 heteroatoms. The molecule has 0 radical (unpaired) electrons. The lowest BCUT2D eigenvalue weighted by molar-refractivity contribution is 0.258. The minimum atomic E-state index is -3.78. The fourth-order valence-electron chi connectivity index (χ4n) is 4.51. The number of hydrogen-bond donors (Lipinski definition) is 1. The van der Waals surface area contributed by atoms with E-state index in [1.165, 1.54) is 22.5 Å². The van der Waals surface area contributed by atoms with Gasteiger partial charge in [0.2, 0.25) is 10.0 Å². The SMILES string of the molecule is O=S(=O)(c1cccc(F)c1)N1CCC(c2ccccc2)(c2nc3ccc(Cl)cc3[nH]2)CC1. The van der Waals surface area contributed by atoms with E-state index in [9.17, 15) is 12.8 Å². The Morgan fingerprint density at radius 1 is 0.969 bits per heavy atom. The van der Waals surface area contributed by atoms with Crippen LogP contribution in [0.4, 0.5) is 4.39 Å². The van der Waals surface area contributed by atoms with Gasteiger partial charge in [-0.05, 0) is 54.8 Å². The van der Waals surface area contributed by atoms with Crippen LogP contribution >= 0.6 is 11.6 Å². The number of nitrogens with one attached hydrogen (secondary N) is 1. The number of hydrogen-bond acceptors (Lipinski definition) is 3. The lowest BCUT2D eigenvalue weighted by atomic mass is 9.72. The number of aromatic nitrogens is 2. The summed E-state index contributed by atoms with van der Waals surface area (Å²) in [5.41, 5.74) is 2.26. The molecule has 1 aliphatic rings. The summed E-state index contributed by atoms with van der Waals surface area (Å²) in [6.45, 7) is 0.594. The van der Waals surface area contributed by atoms with Crippen molar-refractivity contribution >= 4 is 32.7 Å². The summed E-state index contributed by atoms with van der Waals surface area (Å²) in [6.07, 6.45) is 1.08. The molecule has 1 fully saturated rings. The van der Waals surface area contributed by atoms with E-state index in [2.05, 4.69) is 17.1 Å². The highest BCUT2D eigenvalue weighted by molar-refractivity contribution is 7.89. The second-order valence-electron chi connectivity index (χ2n) is 8.06. The van der Waals surface area contributed by atoms with Crippen LogP contribution < -0.4 is 0 Å². The first-order valence-corrected chi connectivity index (χ1v) is 12.2. The van der Waals surface area contributed by atoms with E-state index in [0.29, 0.717) is 31.0 Å². The molecule has 32 heavy (non-hydrogen) atoms. The van der Waals surface area contributed by atoms with Crippen LogP contribution in [-0.4, -0.2) is 35.8 Å². The number of halogens is 2. The summed E-state index contributed by atoms with van der Waals surface area (Å²) in [5, 5.41) is 0.623. The molecule has 4 aromatic rings. The third kappa shape index (κ3) is 3.60. The number of sulfonamides is 1. The van der Waals surface area contributed by atoms with Gasteiger partial charge in [-0.3, -0.25) is 0 Å².